The first-order valence-electron chi connectivity index (χ1n) is 2.88. The van der Waals surface area contributed by atoms with Crippen LogP contribution < -0.4 is 0 Å². The third-order valence-corrected chi connectivity index (χ3v) is 1.87. The van der Waals surface area contributed by atoms with E-state index in [-0.39, 0.29) is 0 Å². The highest BCUT2D eigenvalue weighted by Gasteiger charge is 1.93. The molecule has 0 aromatic heterocycles. The van der Waals surface area contributed by atoms with Crippen LogP contribution in [0.25, 0.3) is 0 Å². The van der Waals surface area contributed by atoms with Gasteiger partial charge >= 0.3 is 0 Å². The van der Waals surface area contributed by atoms with Gasteiger partial charge in [-0.3, -0.25) is 0 Å². The van der Waals surface area contributed by atoms with E-state index in [1.807, 2.05) is 24.3 Å². The second-order valence-corrected chi connectivity index (χ2v) is 2.69. The molecule has 0 atom stereocenters. The summed E-state index contributed by atoms with van der Waals surface area (Å²) in [4.78, 5) is 0. The van der Waals surface area contributed by atoms with E-state index < -0.39 is 0 Å². The summed E-state index contributed by atoms with van der Waals surface area (Å²) < 4.78 is 1.04. The Morgan fingerprint density at radius 2 is 2.10 bits per heavy atom. The fourth-order valence-corrected chi connectivity index (χ4v) is 1.08. The summed E-state index contributed by atoms with van der Waals surface area (Å²) in [6.07, 6.45) is 6.83. The number of rotatable bonds is 1. The fraction of sp³-hybridized carbons (Fsp3) is 0. The van der Waals surface area contributed by atoms with Gasteiger partial charge in [0.05, 0.1) is 6.42 Å². The molecule has 0 heterocycles. The third-order valence-electron chi connectivity index (χ3n) is 1.14. The van der Waals surface area contributed by atoms with Gasteiger partial charge in [0.2, 0.25) is 0 Å². The molecule has 0 fully saturated rings. The van der Waals surface area contributed by atoms with Gasteiger partial charge < -0.3 is 0 Å². The molecule has 0 spiro atoms. The van der Waals surface area contributed by atoms with Crippen molar-refractivity contribution in [3.63, 3.8) is 0 Å². The summed E-state index contributed by atoms with van der Waals surface area (Å²) in [6, 6.07) is 7.83. The van der Waals surface area contributed by atoms with E-state index in [0.717, 1.165) is 10.0 Å². The van der Waals surface area contributed by atoms with Crippen molar-refractivity contribution in [2.24, 2.45) is 0 Å². The van der Waals surface area contributed by atoms with Crippen molar-refractivity contribution < 1.29 is 0 Å². The minimum absolute atomic E-state index is 1.04. The Labute approximate surface area is 69.4 Å². The SMILES string of the molecule is C#C[CH]c1ccccc1Br. The van der Waals surface area contributed by atoms with Gasteiger partial charge in [-0.2, -0.15) is 0 Å². The minimum Gasteiger partial charge on any atom is -0.119 e. The Bertz CT molecular complexity index is 258. The summed E-state index contributed by atoms with van der Waals surface area (Å²) >= 11 is 3.37. The van der Waals surface area contributed by atoms with Gasteiger partial charge in [0.1, 0.15) is 0 Å². The molecule has 1 heteroatoms. The Balaban J connectivity index is 2.94. The second-order valence-electron chi connectivity index (χ2n) is 1.83. The summed E-state index contributed by atoms with van der Waals surface area (Å²) in [7, 11) is 0. The molecule has 1 radical (unpaired) electrons. The van der Waals surface area contributed by atoms with Crippen LogP contribution in [0.15, 0.2) is 28.7 Å². The number of halogens is 1. The van der Waals surface area contributed by atoms with E-state index in [9.17, 15) is 0 Å². The van der Waals surface area contributed by atoms with Gasteiger partial charge in [-0.1, -0.05) is 40.0 Å². The monoisotopic (exact) mass is 193 g/mol. The van der Waals surface area contributed by atoms with Crippen molar-refractivity contribution >= 4 is 15.9 Å². The minimum atomic E-state index is 1.04. The lowest BCUT2D eigenvalue weighted by atomic mass is 10.2. The zero-order chi connectivity index (χ0) is 7.40. The molecule has 0 bridgehead atoms. The first-order valence-corrected chi connectivity index (χ1v) is 3.68. The van der Waals surface area contributed by atoms with Crippen molar-refractivity contribution in [1.29, 1.82) is 0 Å². The average molecular weight is 194 g/mol. The molecule has 0 aliphatic rings. The van der Waals surface area contributed by atoms with Crippen LogP contribution >= 0.6 is 15.9 Å². The Kier molecular flexibility index (Phi) is 2.53. The predicted molar refractivity (Wildman–Crippen MR) is 46.4 cm³/mol. The van der Waals surface area contributed by atoms with E-state index in [4.69, 9.17) is 6.42 Å². The second kappa shape index (κ2) is 3.43. The standard InChI is InChI=1S/C9H6Br/c1-2-5-8-6-3-4-7-9(8)10/h1,3-7H. The molecule has 10 heavy (non-hydrogen) atoms. The number of hydrogen-bond donors (Lipinski definition) is 0. The van der Waals surface area contributed by atoms with Crippen molar-refractivity contribution in [3.8, 4) is 12.3 Å². The van der Waals surface area contributed by atoms with Crippen molar-refractivity contribution in [3.05, 3.63) is 40.7 Å². The number of terminal acetylenes is 1. The lowest BCUT2D eigenvalue weighted by Crippen LogP contribution is -1.78. The van der Waals surface area contributed by atoms with Gasteiger partial charge in [0.15, 0.2) is 0 Å². The first-order chi connectivity index (χ1) is 4.84. The maximum atomic E-state index is 5.10. The molecule has 0 aliphatic heterocycles. The summed E-state index contributed by atoms with van der Waals surface area (Å²) in [5.41, 5.74) is 1.05. The molecule has 0 unspecified atom stereocenters. The molecule has 49 valence electrons. The lowest BCUT2D eigenvalue weighted by Gasteiger charge is -1.95. The summed E-state index contributed by atoms with van der Waals surface area (Å²) in [6.45, 7) is 0. The molecular formula is C9H6Br. The summed E-state index contributed by atoms with van der Waals surface area (Å²) in [5, 5.41) is 0. The van der Waals surface area contributed by atoms with Gasteiger partial charge in [0, 0.05) is 4.47 Å². The Hall–Kier alpha value is -0.740. The van der Waals surface area contributed by atoms with Crippen LogP contribution in [-0.2, 0) is 0 Å². The molecule has 0 amide bonds. The van der Waals surface area contributed by atoms with Gasteiger partial charge in [-0.25, -0.2) is 0 Å². The van der Waals surface area contributed by atoms with Crippen molar-refractivity contribution in [1.82, 2.24) is 0 Å². The first kappa shape index (κ1) is 7.37. The van der Waals surface area contributed by atoms with E-state index in [1.54, 1.807) is 6.42 Å². The van der Waals surface area contributed by atoms with Crippen LogP contribution in [0.3, 0.4) is 0 Å². The van der Waals surface area contributed by atoms with Gasteiger partial charge in [-0.05, 0) is 11.6 Å². The molecule has 0 N–H and O–H groups in total. The molecule has 0 saturated heterocycles. The highest BCUT2D eigenvalue weighted by atomic mass is 79.9. The van der Waals surface area contributed by atoms with Gasteiger partial charge in [-0.15, -0.1) is 6.42 Å². The maximum absolute atomic E-state index is 5.10. The maximum Gasteiger partial charge on any atom is 0.0639 e. The smallest absolute Gasteiger partial charge is 0.0639 e. The quantitative estimate of drug-likeness (QED) is 0.603. The highest BCUT2D eigenvalue weighted by Crippen LogP contribution is 2.16. The van der Waals surface area contributed by atoms with E-state index >= 15 is 0 Å². The summed E-state index contributed by atoms with van der Waals surface area (Å²) in [5.74, 6) is 2.47. The van der Waals surface area contributed by atoms with Crippen LogP contribution in [-0.4, -0.2) is 0 Å². The predicted octanol–water partition coefficient (Wildman–Crippen LogP) is 2.63. The van der Waals surface area contributed by atoms with Crippen LogP contribution in [0.1, 0.15) is 5.56 Å². The molecular weight excluding hydrogens is 188 g/mol. The Morgan fingerprint density at radius 3 is 2.70 bits per heavy atom. The van der Waals surface area contributed by atoms with Crippen molar-refractivity contribution in [2.75, 3.05) is 0 Å². The van der Waals surface area contributed by atoms with Crippen LogP contribution in [0.5, 0.6) is 0 Å². The van der Waals surface area contributed by atoms with Gasteiger partial charge in [0.25, 0.3) is 0 Å². The number of hydrogen-bond acceptors (Lipinski definition) is 0. The molecule has 1 rings (SSSR count). The Morgan fingerprint density at radius 1 is 1.40 bits per heavy atom. The van der Waals surface area contributed by atoms with E-state index in [1.165, 1.54) is 0 Å². The van der Waals surface area contributed by atoms with Crippen molar-refractivity contribution in [2.45, 2.75) is 0 Å². The van der Waals surface area contributed by atoms with E-state index in [0.29, 0.717) is 0 Å². The fourth-order valence-electron chi connectivity index (χ4n) is 0.682. The molecule has 1 aromatic rings. The molecule has 1 aromatic carbocycles. The lowest BCUT2D eigenvalue weighted by molar-refractivity contribution is 1.51. The van der Waals surface area contributed by atoms with Crippen LogP contribution in [0.4, 0.5) is 0 Å². The molecule has 0 saturated carbocycles. The molecule has 0 aliphatic carbocycles. The third kappa shape index (κ3) is 1.62. The highest BCUT2D eigenvalue weighted by molar-refractivity contribution is 9.10. The number of benzene rings is 1. The molecule has 0 nitrogen and oxygen atoms in total. The zero-order valence-corrected chi connectivity index (χ0v) is 6.93. The topological polar surface area (TPSA) is 0 Å². The van der Waals surface area contributed by atoms with Crippen LogP contribution in [0.2, 0.25) is 0 Å². The van der Waals surface area contributed by atoms with Crippen LogP contribution in [0, 0.1) is 18.8 Å². The van der Waals surface area contributed by atoms with E-state index in [2.05, 4.69) is 21.9 Å². The normalized spacial score (nSPS) is 8.80. The average Bonchev–Trinajstić information content (AvgIpc) is 1.94. The zero-order valence-electron chi connectivity index (χ0n) is 5.34. The largest absolute Gasteiger partial charge is 0.119 e.